The number of hydrogen-bond donors (Lipinski definition) is 0. The lowest BCUT2D eigenvalue weighted by Gasteiger charge is -2.14. The van der Waals surface area contributed by atoms with Crippen LogP contribution in [0.2, 0.25) is 5.02 Å². The Bertz CT molecular complexity index is 1140. The average Bonchev–Trinajstić information content (AvgIpc) is 3.07. The molecule has 3 aromatic carbocycles. The van der Waals surface area contributed by atoms with Crippen molar-refractivity contribution in [2.75, 3.05) is 4.90 Å². The van der Waals surface area contributed by atoms with Crippen molar-refractivity contribution in [3.63, 3.8) is 0 Å². The van der Waals surface area contributed by atoms with Crippen molar-refractivity contribution in [1.29, 1.82) is 0 Å². The summed E-state index contributed by atoms with van der Waals surface area (Å²) in [5.41, 5.74) is 3.85. The first-order valence-corrected chi connectivity index (χ1v) is 11.5. The van der Waals surface area contributed by atoms with Gasteiger partial charge in [0.1, 0.15) is 12.4 Å². The summed E-state index contributed by atoms with van der Waals surface area (Å²) in [7, 11) is 0. The number of anilines is 1. The van der Waals surface area contributed by atoms with Crippen molar-refractivity contribution in [3.05, 3.63) is 99.4 Å². The van der Waals surface area contributed by atoms with E-state index in [-0.39, 0.29) is 5.91 Å². The van der Waals surface area contributed by atoms with Crippen molar-refractivity contribution in [2.24, 2.45) is 0 Å². The van der Waals surface area contributed by atoms with E-state index in [9.17, 15) is 4.79 Å². The Balaban J connectivity index is 1.55. The van der Waals surface area contributed by atoms with Crippen LogP contribution in [0.3, 0.4) is 0 Å². The number of thioether (sulfide) groups is 1. The Kier molecular flexibility index (Phi) is 6.76. The van der Waals surface area contributed by atoms with E-state index in [2.05, 4.69) is 6.92 Å². The first kappa shape index (κ1) is 21.6. The number of halogens is 1. The van der Waals surface area contributed by atoms with Crippen LogP contribution >= 0.6 is 35.6 Å². The first-order valence-electron chi connectivity index (χ1n) is 9.88. The van der Waals surface area contributed by atoms with Gasteiger partial charge in [-0.3, -0.25) is 9.69 Å². The van der Waals surface area contributed by atoms with Gasteiger partial charge < -0.3 is 4.74 Å². The molecule has 31 heavy (non-hydrogen) atoms. The molecule has 0 atom stereocenters. The molecule has 1 saturated heterocycles. The number of hydrogen-bond acceptors (Lipinski definition) is 4. The molecule has 0 saturated carbocycles. The maximum Gasteiger partial charge on any atom is 0.270 e. The second-order valence-electron chi connectivity index (χ2n) is 6.99. The predicted molar refractivity (Wildman–Crippen MR) is 134 cm³/mol. The molecule has 0 unspecified atom stereocenters. The van der Waals surface area contributed by atoms with Crippen molar-refractivity contribution < 1.29 is 9.53 Å². The Morgan fingerprint density at radius 3 is 2.39 bits per heavy atom. The zero-order valence-corrected chi connectivity index (χ0v) is 19.3. The van der Waals surface area contributed by atoms with Crippen LogP contribution < -0.4 is 9.64 Å². The van der Waals surface area contributed by atoms with Gasteiger partial charge in [-0.2, -0.15) is 0 Å². The number of benzene rings is 3. The van der Waals surface area contributed by atoms with Crippen LogP contribution in [0.25, 0.3) is 6.08 Å². The van der Waals surface area contributed by atoms with Crippen molar-refractivity contribution in [1.82, 2.24) is 0 Å². The van der Waals surface area contributed by atoms with Gasteiger partial charge in [0.15, 0.2) is 4.32 Å². The van der Waals surface area contributed by atoms with E-state index < -0.39 is 0 Å². The highest BCUT2D eigenvalue weighted by Crippen LogP contribution is 2.37. The van der Waals surface area contributed by atoms with Crippen LogP contribution in [0, 0.1) is 0 Å². The predicted octanol–water partition coefficient (Wildman–Crippen LogP) is 6.89. The van der Waals surface area contributed by atoms with Gasteiger partial charge >= 0.3 is 0 Å². The number of aryl methyl sites for hydroxylation is 1. The van der Waals surface area contributed by atoms with Crippen LogP contribution in [0.4, 0.5) is 5.69 Å². The minimum atomic E-state index is -0.119. The summed E-state index contributed by atoms with van der Waals surface area (Å²) < 4.78 is 6.55. The number of thiocarbonyl (C=S) groups is 1. The number of nitrogens with zero attached hydrogens (tertiary/aromatic N) is 1. The summed E-state index contributed by atoms with van der Waals surface area (Å²) in [5.74, 6) is 0.585. The normalized spacial score (nSPS) is 15.0. The first-order chi connectivity index (χ1) is 15.0. The summed E-state index contributed by atoms with van der Waals surface area (Å²) in [6.07, 6.45) is 2.79. The summed E-state index contributed by atoms with van der Waals surface area (Å²) in [4.78, 5) is 15.3. The van der Waals surface area contributed by atoms with Gasteiger partial charge in [0.05, 0.1) is 10.6 Å². The largest absolute Gasteiger partial charge is 0.488 e. The fourth-order valence-electron chi connectivity index (χ4n) is 3.19. The zero-order valence-electron chi connectivity index (χ0n) is 16.9. The number of carbonyl (C=O) groups excluding carboxylic acids is 1. The van der Waals surface area contributed by atoms with E-state index in [1.54, 1.807) is 4.90 Å². The third-order valence-electron chi connectivity index (χ3n) is 4.91. The maximum absolute atomic E-state index is 13.1. The van der Waals surface area contributed by atoms with E-state index in [1.807, 2.05) is 78.9 Å². The molecule has 1 amide bonds. The highest BCUT2D eigenvalue weighted by atomic mass is 35.5. The minimum Gasteiger partial charge on any atom is -0.488 e. The van der Waals surface area contributed by atoms with Crippen LogP contribution in [-0.2, 0) is 17.8 Å². The SMILES string of the molecule is CCc1ccc(N2C(=O)C(=Cc3ccccc3OCc3ccc(Cl)cc3)SC2=S)cc1. The average molecular weight is 466 g/mol. The molecule has 1 fully saturated rings. The van der Waals surface area contributed by atoms with Crippen LogP contribution in [0.15, 0.2) is 77.7 Å². The molecule has 1 aliphatic heterocycles. The Morgan fingerprint density at radius 2 is 1.68 bits per heavy atom. The zero-order chi connectivity index (χ0) is 21.8. The molecule has 0 aliphatic carbocycles. The third-order valence-corrected chi connectivity index (χ3v) is 6.46. The molecule has 1 heterocycles. The quantitative estimate of drug-likeness (QED) is 0.293. The third kappa shape index (κ3) is 5.01. The van der Waals surface area contributed by atoms with E-state index in [4.69, 9.17) is 28.6 Å². The second-order valence-corrected chi connectivity index (χ2v) is 9.10. The molecule has 0 spiro atoms. The number of carbonyl (C=O) groups is 1. The Hall–Kier alpha value is -2.60. The summed E-state index contributed by atoms with van der Waals surface area (Å²) in [6, 6.07) is 23.1. The molecule has 3 nitrogen and oxygen atoms in total. The number of amides is 1. The van der Waals surface area contributed by atoms with Crippen molar-refractivity contribution >= 4 is 57.6 Å². The van der Waals surface area contributed by atoms with Gasteiger partial charge in [0.2, 0.25) is 0 Å². The van der Waals surface area contributed by atoms with E-state index in [1.165, 1.54) is 17.3 Å². The molecular formula is C25H20ClNO2S2. The van der Waals surface area contributed by atoms with Crippen LogP contribution in [-0.4, -0.2) is 10.2 Å². The van der Waals surface area contributed by atoms with Crippen molar-refractivity contribution in [2.45, 2.75) is 20.0 Å². The summed E-state index contributed by atoms with van der Waals surface area (Å²) in [5, 5.41) is 0.690. The lowest BCUT2D eigenvalue weighted by molar-refractivity contribution is -0.113. The molecule has 0 radical (unpaired) electrons. The maximum atomic E-state index is 13.1. The number of para-hydroxylation sites is 1. The highest BCUT2D eigenvalue weighted by molar-refractivity contribution is 8.27. The molecule has 0 bridgehead atoms. The number of rotatable bonds is 6. The molecule has 3 aromatic rings. The van der Waals surface area contributed by atoms with Gasteiger partial charge in [-0.25, -0.2) is 0 Å². The van der Waals surface area contributed by atoms with Crippen LogP contribution in [0.1, 0.15) is 23.6 Å². The molecule has 0 N–H and O–H groups in total. The van der Waals surface area contributed by atoms with E-state index in [0.717, 1.165) is 23.2 Å². The molecule has 0 aromatic heterocycles. The van der Waals surface area contributed by atoms with E-state index >= 15 is 0 Å². The fourth-order valence-corrected chi connectivity index (χ4v) is 4.60. The minimum absolute atomic E-state index is 0.119. The molecular weight excluding hydrogens is 446 g/mol. The van der Waals surface area contributed by atoms with Gasteiger partial charge in [-0.1, -0.05) is 85.0 Å². The lowest BCUT2D eigenvalue weighted by atomic mass is 10.1. The Labute approximate surface area is 196 Å². The highest BCUT2D eigenvalue weighted by Gasteiger charge is 2.33. The topological polar surface area (TPSA) is 29.5 Å². The summed E-state index contributed by atoms with van der Waals surface area (Å²) in [6.45, 7) is 2.51. The monoisotopic (exact) mass is 465 g/mol. The van der Waals surface area contributed by atoms with Crippen molar-refractivity contribution in [3.8, 4) is 5.75 Å². The standard InChI is InChI=1S/C25H20ClNO2S2/c1-2-17-9-13-21(14-10-17)27-24(28)23(31-25(27)30)15-19-5-3-4-6-22(19)29-16-18-7-11-20(26)12-8-18/h3-15H,2,16H2,1H3. The fraction of sp³-hybridized carbons (Fsp3) is 0.120. The Morgan fingerprint density at radius 1 is 1.00 bits per heavy atom. The second kappa shape index (κ2) is 9.69. The molecule has 1 aliphatic rings. The van der Waals surface area contributed by atoms with E-state index in [0.29, 0.717) is 26.6 Å². The van der Waals surface area contributed by atoms with Gasteiger partial charge in [-0.15, -0.1) is 0 Å². The summed E-state index contributed by atoms with van der Waals surface area (Å²) >= 11 is 12.8. The number of ether oxygens (including phenoxy) is 1. The molecule has 6 heteroatoms. The molecule has 156 valence electrons. The molecule has 4 rings (SSSR count). The van der Waals surface area contributed by atoms with Crippen LogP contribution in [0.5, 0.6) is 5.75 Å². The van der Waals surface area contributed by atoms with Gasteiger partial charge in [0.25, 0.3) is 5.91 Å². The smallest absolute Gasteiger partial charge is 0.270 e. The van der Waals surface area contributed by atoms with Gasteiger partial charge in [-0.05, 0) is 54.0 Å². The lowest BCUT2D eigenvalue weighted by Crippen LogP contribution is -2.27. The van der Waals surface area contributed by atoms with Gasteiger partial charge in [0, 0.05) is 10.6 Å².